The molecular weight excluding hydrogens is 222 g/mol. The first-order valence-corrected chi connectivity index (χ1v) is 6.26. The van der Waals surface area contributed by atoms with Crippen LogP contribution in [0.15, 0.2) is 36.4 Å². The standard InChI is InChI=1S/C15H19N3/c1-11(14-7-5-4-6-8-14)10-16-15-17-12(2)9-13(3)18-15/h4-9,11H,10H2,1-3H3,(H,16,17,18). The Hall–Kier alpha value is -1.90. The van der Waals surface area contributed by atoms with Crippen molar-refractivity contribution in [2.24, 2.45) is 0 Å². The minimum absolute atomic E-state index is 0.440. The van der Waals surface area contributed by atoms with Gasteiger partial charge in [0.25, 0.3) is 0 Å². The number of benzene rings is 1. The van der Waals surface area contributed by atoms with Crippen LogP contribution in [0.25, 0.3) is 0 Å². The molecule has 18 heavy (non-hydrogen) atoms. The van der Waals surface area contributed by atoms with E-state index in [9.17, 15) is 0 Å². The highest BCUT2D eigenvalue weighted by molar-refractivity contribution is 5.29. The Morgan fingerprint density at radius 2 is 1.67 bits per heavy atom. The summed E-state index contributed by atoms with van der Waals surface area (Å²) in [5.41, 5.74) is 3.32. The Morgan fingerprint density at radius 1 is 1.06 bits per heavy atom. The van der Waals surface area contributed by atoms with Crippen molar-refractivity contribution in [2.75, 3.05) is 11.9 Å². The molecule has 1 aromatic heterocycles. The molecule has 0 saturated heterocycles. The van der Waals surface area contributed by atoms with E-state index in [2.05, 4.69) is 46.5 Å². The molecule has 2 rings (SSSR count). The lowest BCUT2D eigenvalue weighted by atomic mass is 10.0. The summed E-state index contributed by atoms with van der Waals surface area (Å²) < 4.78 is 0. The second-order valence-corrected chi connectivity index (χ2v) is 4.67. The molecule has 3 heteroatoms. The molecule has 3 nitrogen and oxygen atoms in total. The quantitative estimate of drug-likeness (QED) is 0.892. The zero-order valence-electron chi connectivity index (χ0n) is 11.1. The van der Waals surface area contributed by atoms with E-state index in [4.69, 9.17) is 0 Å². The van der Waals surface area contributed by atoms with Gasteiger partial charge in [-0.05, 0) is 31.4 Å². The molecule has 0 amide bonds. The van der Waals surface area contributed by atoms with E-state index in [0.717, 1.165) is 23.9 Å². The van der Waals surface area contributed by atoms with Crippen molar-refractivity contribution in [3.8, 4) is 0 Å². The maximum Gasteiger partial charge on any atom is 0.223 e. The van der Waals surface area contributed by atoms with Crippen molar-refractivity contribution in [3.05, 3.63) is 53.3 Å². The molecule has 2 aromatic rings. The van der Waals surface area contributed by atoms with Gasteiger partial charge in [-0.2, -0.15) is 0 Å². The normalized spacial score (nSPS) is 12.2. The molecule has 0 fully saturated rings. The van der Waals surface area contributed by atoms with E-state index in [1.165, 1.54) is 5.56 Å². The number of aryl methyl sites for hydroxylation is 2. The molecule has 0 radical (unpaired) electrons. The fraction of sp³-hybridized carbons (Fsp3) is 0.333. The summed E-state index contributed by atoms with van der Waals surface area (Å²) in [6.45, 7) is 7.01. The third kappa shape index (κ3) is 3.29. The average Bonchev–Trinajstić information content (AvgIpc) is 2.36. The predicted molar refractivity (Wildman–Crippen MR) is 74.9 cm³/mol. The number of rotatable bonds is 4. The molecule has 0 aliphatic rings. The molecular formula is C15H19N3. The van der Waals surface area contributed by atoms with E-state index in [-0.39, 0.29) is 0 Å². The number of anilines is 1. The largest absolute Gasteiger partial charge is 0.354 e. The lowest BCUT2D eigenvalue weighted by molar-refractivity contribution is 0.794. The van der Waals surface area contributed by atoms with E-state index >= 15 is 0 Å². The average molecular weight is 241 g/mol. The maximum absolute atomic E-state index is 4.38. The fourth-order valence-corrected chi connectivity index (χ4v) is 1.95. The number of nitrogens with one attached hydrogen (secondary N) is 1. The Bertz CT molecular complexity index is 488. The second-order valence-electron chi connectivity index (χ2n) is 4.67. The van der Waals surface area contributed by atoms with Crippen molar-refractivity contribution in [3.63, 3.8) is 0 Å². The third-order valence-electron chi connectivity index (χ3n) is 2.92. The summed E-state index contributed by atoms with van der Waals surface area (Å²) in [4.78, 5) is 8.75. The van der Waals surface area contributed by atoms with Gasteiger partial charge >= 0.3 is 0 Å². The first kappa shape index (κ1) is 12.6. The van der Waals surface area contributed by atoms with Gasteiger partial charge in [-0.3, -0.25) is 0 Å². The van der Waals surface area contributed by atoms with E-state index in [1.807, 2.05) is 26.0 Å². The van der Waals surface area contributed by atoms with Crippen molar-refractivity contribution < 1.29 is 0 Å². The highest BCUT2D eigenvalue weighted by Crippen LogP contribution is 2.15. The van der Waals surface area contributed by atoms with Crippen LogP contribution >= 0.6 is 0 Å². The van der Waals surface area contributed by atoms with E-state index in [1.54, 1.807) is 0 Å². The van der Waals surface area contributed by atoms with Crippen LogP contribution in [0.2, 0.25) is 0 Å². The molecule has 1 N–H and O–H groups in total. The van der Waals surface area contributed by atoms with Gasteiger partial charge in [0.05, 0.1) is 0 Å². The van der Waals surface area contributed by atoms with Gasteiger partial charge < -0.3 is 5.32 Å². The van der Waals surface area contributed by atoms with Gasteiger partial charge in [-0.25, -0.2) is 9.97 Å². The zero-order valence-corrected chi connectivity index (χ0v) is 11.1. The molecule has 1 heterocycles. The van der Waals surface area contributed by atoms with Crippen LogP contribution in [0.1, 0.15) is 29.8 Å². The van der Waals surface area contributed by atoms with Crippen LogP contribution in [0, 0.1) is 13.8 Å². The van der Waals surface area contributed by atoms with Gasteiger partial charge in [0.1, 0.15) is 0 Å². The van der Waals surface area contributed by atoms with Crippen LogP contribution in [-0.2, 0) is 0 Å². The molecule has 1 aromatic carbocycles. The van der Waals surface area contributed by atoms with Crippen LogP contribution in [0.5, 0.6) is 0 Å². The molecule has 1 atom stereocenters. The zero-order chi connectivity index (χ0) is 13.0. The van der Waals surface area contributed by atoms with Crippen LogP contribution in [0.4, 0.5) is 5.95 Å². The third-order valence-corrected chi connectivity index (χ3v) is 2.92. The summed E-state index contributed by atoms with van der Waals surface area (Å²) in [5, 5.41) is 3.30. The van der Waals surface area contributed by atoms with Crippen LogP contribution in [-0.4, -0.2) is 16.5 Å². The molecule has 0 aliphatic heterocycles. The first-order chi connectivity index (χ1) is 8.65. The molecule has 1 unspecified atom stereocenters. The maximum atomic E-state index is 4.38. The first-order valence-electron chi connectivity index (χ1n) is 6.26. The number of hydrogen-bond donors (Lipinski definition) is 1. The summed E-state index contributed by atoms with van der Waals surface area (Å²) in [6.07, 6.45) is 0. The van der Waals surface area contributed by atoms with Gasteiger partial charge in [0.15, 0.2) is 0 Å². The SMILES string of the molecule is Cc1cc(C)nc(NCC(C)c2ccccc2)n1. The number of nitrogens with zero attached hydrogens (tertiary/aromatic N) is 2. The lowest BCUT2D eigenvalue weighted by Crippen LogP contribution is -2.12. The molecule has 94 valence electrons. The Balaban J connectivity index is 1.99. The Kier molecular flexibility index (Phi) is 3.92. The van der Waals surface area contributed by atoms with Crippen molar-refractivity contribution >= 4 is 5.95 Å². The Labute approximate surface area is 108 Å². The van der Waals surface area contributed by atoms with Crippen molar-refractivity contribution in [1.82, 2.24) is 9.97 Å². The van der Waals surface area contributed by atoms with Gasteiger partial charge in [0.2, 0.25) is 5.95 Å². The minimum Gasteiger partial charge on any atom is -0.354 e. The molecule has 0 bridgehead atoms. The molecule has 0 aliphatic carbocycles. The van der Waals surface area contributed by atoms with Crippen molar-refractivity contribution in [2.45, 2.75) is 26.7 Å². The highest BCUT2D eigenvalue weighted by Gasteiger charge is 2.06. The number of aromatic nitrogens is 2. The van der Waals surface area contributed by atoms with E-state index in [0.29, 0.717) is 5.92 Å². The predicted octanol–water partition coefficient (Wildman–Crippen LogP) is 3.31. The van der Waals surface area contributed by atoms with Crippen LogP contribution in [0.3, 0.4) is 0 Å². The van der Waals surface area contributed by atoms with Crippen molar-refractivity contribution in [1.29, 1.82) is 0 Å². The van der Waals surface area contributed by atoms with E-state index < -0.39 is 0 Å². The smallest absolute Gasteiger partial charge is 0.223 e. The lowest BCUT2D eigenvalue weighted by Gasteiger charge is -2.13. The fourth-order valence-electron chi connectivity index (χ4n) is 1.95. The highest BCUT2D eigenvalue weighted by atomic mass is 15.1. The van der Waals surface area contributed by atoms with Gasteiger partial charge in [0, 0.05) is 17.9 Å². The van der Waals surface area contributed by atoms with Gasteiger partial charge in [-0.1, -0.05) is 37.3 Å². The van der Waals surface area contributed by atoms with Crippen LogP contribution < -0.4 is 5.32 Å². The summed E-state index contributed by atoms with van der Waals surface area (Å²) in [6, 6.07) is 12.4. The number of hydrogen-bond acceptors (Lipinski definition) is 3. The Morgan fingerprint density at radius 3 is 2.28 bits per heavy atom. The summed E-state index contributed by atoms with van der Waals surface area (Å²) in [7, 11) is 0. The van der Waals surface area contributed by atoms with Gasteiger partial charge in [-0.15, -0.1) is 0 Å². The summed E-state index contributed by atoms with van der Waals surface area (Å²) in [5.74, 6) is 1.16. The second kappa shape index (κ2) is 5.63. The molecule has 0 saturated carbocycles. The summed E-state index contributed by atoms with van der Waals surface area (Å²) >= 11 is 0. The molecule has 0 spiro atoms. The minimum atomic E-state index is 0.440. The topological polar surface area (TPSA) is 37.8 Å². The monoisotopic (exact) mass is 241 g/mol.